The van der Waals surface area contributed by atoms with Gasteiger partial charge in [-0.1, -0.05) is 51.4 Å². The van der Waals surface area contributed by atoms with Crippen LogP contribution in [0.25, 0.3) is 0 Å². The Kier molecular flexibility index (Phi) is 9.53. The van der Waals surface area contributed by atoms with E-state index in [1.165, 1.54) is 32.4 Å². The van der Waals surface area contributed by atoms with E-state index in [1.54, 1.807) is 18.2 Å². The number of aromatic nitrogens is 1. The summed E-state index contributed by atoms with van der Waals surface area (Å²) in [5.41, 5.74) is -2.24. The number of hydrogen-bond acceptors (Lipinski definition) is 7. The number of carbonyl (C=O) groups is 2. The Morgan fingerprint density at radius 3 is 2.39 bits per heavy atom. The van der Waals surface area contributed by atoms with Gasteiger partial charge < -0.3 is 24.0 Å². The first-order chi connectivity index (χ1) is 20.3. The minimum atomic E-state index is -4.78. The van der Waals surface area contributed by atoms with Crippen LogP contribution in [0.4, 0.5) is 18.9 Å². The van der Waals surface area contributed by atoms with Crippen LogP contribution in [0.3, 0.4) is 0 Å². The van der Waals surface area contributed by atoms with E-state index in [1.807, 2.05) is 0 Å². The van der Waals surface area contributed by atoms with Crippen LogP contribution in [0.1, 0.15) is 69.4 Å². The summed E-state index contributed by atoms with van der Waals surface area (Å²) in [6, 6.07) is 7.52. The number of halogens is 4. The van der Waals surface area contributed by atoms with Crippen molar-refractivity contribution in [3.8, 4) is 5.75 Å². The van der Waals surface area contributed by atoms with Gasteiger partial charge in [0.15, 0.2) is 13.9 Å². The SMILES string of the molecule is COC(=O)c1cc(NC(=O)[C@@H]2O[C@@](C)(C(F)(F)F)[C@@H](C)[C@H]2c2cccc(Cl)c2OC2CC(O[Si](C)(C)C(C)(C)C)C2)ccn1. The molecule has 1 aliphatic heterocycles. The summed E-state index contributed by atoms with van der Waals surface area (Å²) in [7, 11) is -0.808. The molecule has 13 heteroatoms. The fourth-order valence-corrected chi connectivity index (χ4v) is 6.95. The molecule has 2 aliphatic rings. The zero-order chi connectivity index (χ0) is 32.8. The van der Waals surface area contributed by atoms with Gasteiger partial charge in [-0.05, 0) is 43.3 Å². The predicted molar refractivity (Wildman–Crippen MR) is 163 cm³/mol. The number of ether oxygens (including phenoxy) is 3. The van der Waals surface area contributed by atoms with Crippen LogP contribution in [0.2, 0.25) is 23.2 Å². The van der Waals surface area contributed by atoms with Crippen LogP contribution in [0.15, 0.2) is 36.5 Å². The van der Waals surface area contributed by atoms with Crippen LogP contribution >= 0.6 is 11.6 Å². The van der Waals surface area contributed by atoms with Gasteiger partial charge in [-0.25, -0.2) is 9.78 Å². The molecule has 2 fully saturated rings. The number of anilines is 1. The van der Waals surface area contributed by atoms with Gasteiger partial charge in [0.05, 0.1) is 18.2 Å². The Bertz CT molecular complexity index is 1400. The van der Waals surface area contributed by atoms with Gasteiger partial charge in [-0.3, -0.25) is 4.79 Å². The highest BCUT2D eigenvalue weighted by atomic mass is 35.5. The van der Waals surface area contributed by atoms with Crippen LogP contribution in [-0.4, -0.2) is 62.4 Å². The fourth-order valence-electron chi connectivity index (χ4n) is 5.34. The minimum absolute atomic E-state index is 0.0165. The summed E-state index contributed by atoms with van der Waals surface area (Å²) < 4.78 is 66.5. The van der Waals surface area contributed by atoms with Crippen LogP contribution in [0.5, 0.6) is 5.75 Å². The zero-order valence-electron chi connectivity index (χ0n) is 26.2. The van der Waals surface area contributed by atoms with Gasteiger partial charge in [0.2, 0.25) is 0 Å². The highest BCUT2D eigenvalue weighted by Crippen LogP contribution is 2.55. The van der Waals surface area contributed by atoms with Crippen molar-refractivity contribution >= 4 is 37.5 Å². The number of benzene rings is 1. The largest absolute Gasteiger partial charge is 0.488 e. The maximum atomic E-state index is 14.5. The molecule has 1 N–H and O–H groups in total. The number of pyridine rings is 1. The molecule has 1 aromatic heterocycles. The van der Waals surface area contributed by atoms with E-state index in [0.717, 1.165) is 6.92 Å². The first-order valence-corrected chi connectivity index (χ1v) is 17.8. The summed E-state index contributed by atoms with van der Waals surface area (Å²) in [5.74, 6) is -3.60. The third-order valence-electron chi connectivity index (χ3n) is 9.31. The molecule has 8 nitrogen and oxygen atoms in total. The molecule has 1 saturated carbocycles. The molecule has 0 radical (unpaired) electrons. The highest BCUT2D eigenvalue weighted by molar-refractivity contribution is 6.74. The van der Waals surface area contributed by atoms with Crippen molar-refractivity contribution in [2.24, 2.45) is 5.92 Å². The number of nitrogens with one attached hydrogen (secondary N) is 1. The topological polar surface area (TPSA) is 96.0 Å². The number of carbonyl (C=O) groups excluding carboxylic acids is 2. The summed E-state index contributed by atoms with van der Waals surface area (Å²) >= 11 is 6.60. The molecule has 44 heavy (non-hydrogen) atoms. The third kappa shape index (κ3) is 6.63. The van der Waals surface area contributed by atoms with E-state index in [0.29, 0.717) is 18.4 Å². The van der Waals surface area contributed by atoms with Crippen molar-refractivity contribution in [2.45, 2.75) is 102 Å². The number of methoxy groups -OCH3 is 1. The van der Waals surface area contributed by atoms with E-state index >= 15 is 0 Å². The molecule has 1 aliphatic carbocycles. The molecule has 4 atom stereocenters. The van der Waals surface area contributed by atoms with Crippen molar-refractivity contribution in [2.75, 3.05) is 12.4 Å². The number of amides is 1. The quantitative estimate of drug-likeness (QED) is 0.232. The lowest BCUT2D eigenvalue weighted by molar-refractivity contribution is -0.272. The lowest BCUT2D eigenvalue weighted by atomic mass is 9.77. The average molecular weight is 657 g/mol. The Morgan fingerprint density at radius 2 is 1.80 bits per heavy atom. The minimum Gasteiger partial charge on any atom is -0.488 e. The molecule has 1 saturated heterocycles. The molecule has 0 unspecified atom stereocenters. The van der Waals surface area contributed by atoms with E-state index < -0.39 is 49.9 Å². The Hall–Kier alpha value is -2.67. The molecule has 0 bridgehead atoms. The van der Waals surface area contributed by atoms with Gasteiger partial charge in [-0.2, -0.15) is 13.2 Å². The summed E-state index contributed by atoms with van der Waals surface area (Å²) in [6.07, 6.45) is -4.08. The number of esters is 1. The van der Waals surface area contributed by atoms with Gasteiger partial charge in [-0.15, -0.1) is 0 Å². The second-order valence-corrected chi connectivity index (χ2v) is 18.4. The Morgan fingerprint density at radius 1 is 1.14 bits per heavy atom. The second-order valence-electron chi connectivity index (χ2n) is 13.2. The molecule has 1 amide bonds. The van der Waals surface area contributed by atoms with Crippen molar-refractivity contribution < 1.29 is 41.4 Å². The first kappa shape index (κ1) is 34.2. The van der Waals surface area contributed by atoms with Gasteiger partial charge in [0.25, 0.3) is 5.91 Å². The lowest BCUT2D eigenvalue weighted by Gasteiger charge is -2.44. The van der Waals surface area contributed by atoms with Gasteiger partial charge >= 0.3 is 12.1 Å². The van der Waals surface area contributed by atoms with Gasteiger partial charge in [0, 0.05) is 42.1 Å². The monoisotopic (exact) mass is 656 g/mol. The first-order valence-electron chi connectivity index (χ1n) is 14.5. The number of hydrogen-bond donors (Lipinski definition) is 1. The van der Waals surface area contributed by atoms with E-state index in [-0.39, 0.29) is 39.4 Å². The Labute approximate surface area is 262 Å². The summed E-state index contributed by atoms with van der Waals surface area (Å²) in [5, 5.41) is 2.85. The molecule has 4 rings (SSSR count). The molecule has 0 spiro atoms. The van der Waals surface area contributed by atoms with Gasteiger partial charge in [0.1, 0.15) is 23.7 Å². The molecular weight excluding hydrogens is 617 g/mol. The number of rotatable bonds is 8. The lowest BCUT2D eigenvalue weighted by Crippen LogP contribution is -2.50. The fraction of sp³-hybridized carbons (Fsp3) is 0.581. The number of para-hydroxylation sites is 1. The molecular formula is C31H40ClF3N2O6Si. The molecule has 2 aromatic rings. The maximum absolute atomic E-state index is 14.5. The van der Waals surface area contributed by atoms with Crippen molar-refractivity contribution in [1.82, 2.24) is 4.98 Å². The number of alkyl halides is 3. The Balaban J connectivity index is 1.63. The number of nitrogens with zero attached hydrogens (tertiary/aromatic N) is 1. The van der Waals surface area contributed by atoms with E-state index in [2.05, 4.69) is 48.9 Å². The van der Waals surface area contributed by atoms with E-state index in [4.69, 9.17) is 25.5 Å². The van der Waals surface area contributed by atoms with E-state index in [9.17, 15) is 22.8 Å². The highest BCUT2D eigenvalue weighted by Gasteiger charge is 2.66. The molecule has 242 valence electrons. The molecule has 2 heterocycles. The second kappa shape index (κ2) is 12.3. The van der Waals surface area contributed by atoms with Crippen molar-refractivity contribution in [1.29, 1.82) is 0 Å². The van der Waals surface area contributed by atoms with Crippen LogP contribution < -0.4 is 10.1 Å². The molecule has 1 aromatic carbocycles. The van der Waals surface area contributed by atoms with Crippen LogP contribution in [0, 0.1) is 5.92 Å². The van der Waals surface area contributed by atoms with Crippen molar-refractivity contribution in [3.63, 3.8) is 0 Å². The third-order valence-corrected chi connectivity index (χ3v) is 14.1. The smallest absolute Gasteiger partial charge is 0.417 e. The zero-order valence-corrected chi connectivity index (χ0v) is 27.9. The normalized spacial score (nSPS) is 27.4. The maximum Gasteiger partial charge on any atom is 0.417 e. The summed E-state index contributed by atoms with van der Waals surface area (Å²) in [4.78, 5) is 29.4. The predicted octanol–water partition coefficient (Wildman–Crippen LogP) is 7.53. The van der Waals surface area contributed by atoms with Crippen LogP contribution in [-0.2, 0) is 18.7 Å². The summed E-state index contributed by atoms with van der Waals surface area (Å²) in [6.45, 7) is 13.2. The standard InChI is InChI=1S/C31H40ClF3N2O6Si/c1-17-24(21-10-9-11-22(32)25(21)41-19-15-20(16-19)43-44(7,8)29(2,3)4)26(42-30(17,5)31(33,34)35)27(38)37-18-12-13-36-23(14-18)28(39)40-6/h9-14,17,19-20,24,26H,15-16H2,1-8H3,(H,36,37,38)/t17-,19?,20?,24-,26+,30+/m0/s1. The van der Waals surface area contributed by atoms with Crippen molar-refractivity contribution in [3.05, 3.63) is 52.8 Å². The average Bonchev–Trinajstić information content (AvgIpc) is 3.18.